The molecule has 2 aromatic rings. The topological polar surface area (TPSA) is 47.4 Å². The van der Waals surface area contributed by atoms with E-state index in [2.05, 4.69) is 22.1 Å². The van der Waals surface area contributed by atoms with E-state index in [9.17, 15) is 4.79 Å². The molecule has 0 N–H and O–H groups in total. The number of hydrogen-bond donors (Lipinski definition) is 0. The maximum absolute atomic E-state index is 11.9. The van der Waals surface area contributed by atoms with E-state index in [-0.39, 0.29) is 5.97 Å². The normalized spacial score (nSPS) is 10.5. The van der Waals surface area contributed by atoms with Gasteiger partial charge in [-0.05, 0) is 19.4 Å². The zero-order valence-corrected chi connectivity index (χ0v) is 13.0. The van der Waals surface area contributed by atoms with E-state index in [1.54, 1.807) is 11.6 Å². The van der Waals surface area contributed by atoms with Crippen LogP contribution in [0.4, 0.5) is 5.82 Å². The molecule has 5 nitrogen and oxygen atoms in total. The predicted octanol–water partition coefficient (Wildman–Crippen LogP) is 2.54. The highest BCUT2D eigenvalue weighted by Crippen LogP contribution is 2.23. The van der Waals surface area contributed by atoms with Crippen LogP contribution in [0.5, 0.6) is 0 Å². The summed E-state index contributed by atoms with van der Waals surface area (Å²) in [5.74, 6) is 0.548. The summed E-state index contributed by atoms with van der Waals surface area (Å²) in [4.78, 5) is 14.0. The molecule has 0 fully saturated rings. The van der Waals surface area contributed by atoms with Gasteiger partial charge in [0.15, 0.2) is 5.69 Å². The molecule has 0 aliphatic rings. The lowest BCUT2D eigenvalue weighted by Gasteiger charge is -2.20. The number of ether oxygens (including phenoxy) is 1. The van der Waals surface area contributed by atoms with Gasteiger partial charge in [-0.1, -0.05) is 30.3 Å². The summed E-state index contributed by atoms with van der Waals surface area (Å²) < 4.78 is 6.77. The molecule has 0 amide bonds. The van der Waals surface area contributed by atoms with Crippen molar-refractivity contribution in [1.29, 1.82) is 0 Å². The van der Waals surface area contributed by atoms with Crippen LogP contribution in [-0.2, 0) is 18.3 Å². The van der Waals surface area contributed by atoms with Gasteiger partial charge in [-0.25, -0.2) is 4.79 Å². The Morgan fingerprint density at radius 2 is 2.00 bits per heavy atom. The Balaban J connectivity index is 2.25. The summed E-state index contributed by atoms with van der Waals surface area (Å²) in [6.45, 7) is 4.79. The summed E-state index contributed by atoms with van der Waals surface area (Å²) in [7, 11) is 3.83. The highest BCUT2D eigenvalue weighted by Gasteiger charge is 2.21. The lowest BCUT2D eigenvalue weighted by Crippen LogP contribution is -2.20. The van der Waals surface area contributed by atoms with Crippen molar-refractivity contribution >= 4 is 11.8 Å². The minimum atomic E-state index is -0.370. The van der Waals surface area contributed by atoms with Gasteiger partial charge in [0.2, 0.25) is 0 Å². The van der Waals surface area contributed by atoms with Gasteiger partial charge >= 0.3 is 5.97 Å². The van der Waals surface area contributed by atoms with Gasteiger partial charge in [-0.15, -0.1) is 0 Å². The first-order valence-electron chi connectivity index (χ1n) is 7.00. The fraction of sp³-hybridized carbons (Fsp3) is 0.375. The van der Waals surface area contributed by atoms with Crippen LogP contribution in [0, 0.1) is 6.92 Å². The van der Waals surface area contributed by atoms with E-state index in [0.717, 1.165) is 17.9 Å². The quantitative estimate of drug-likeness (QED) is 0.793. The number of anilines is 1. The van der Waals surface area contributed by atoms with Crippen LogP contribution < -0.4 is 4.90 Å². The van der Waals surface area contributed by atoms with Crippen molar-refractivity contribution in [3.8, 4) is 0 Å². The summed E-state index contributed by atoms with van der Waals surface area (Å²) in [6, 6.07) is 10.2. The Morgan fingerprint density at radius 3 is 2.62 bits per heavy atom. The molecule has 1 aromatic heterocycles. The van der Waals surface area contributed by atoms with Crippen molar-refractivity contribution in [3.05, 3.63) is 47.2 Å². The van der Waals surface area contributed by atoms with Crippen LogP contribution in [0.15, 0.2) is 30.3 Å². The number of rotatable bonds is 5. The molecule has 2 rings (SSSR count). The van der Waals surface area contributed by atoms with Gasteiger partial charge in [0.05, 0.1) is 6.61 Å². The molecule has 0 bridgehead atoms. The van der Waals surface area contributed by atoms with Gasteiger partial charge < -0.3 is 9.64 Å². The third-order valence-electron chi connectivity index (χ3n) is 3.34. The molecule has 0 unspecified atom stereocenters. The van der Waals surface area contributed by atoms with Crippen molar-refractivity contribution in [2.24, 2.45) is 7.05 Å². The van der Waals surface area contributed by atoms with E-state index >= 15 is 0 Å². The molecular weight excluding hydrogens is 266 g/mol. The van der Waals surface area contributed by atoms with Crippen LogP contribution in [0.25, 0.3) is 0 Å². The molecule has 21 heavy (non-hydrogen) atoms. The number of nitrogens with zero attached hydrogens (tertiary/aromatic N) is 3. The first-order valence-corrected chi connectivity index (χ1v) is 7.00. The standard InChI is InChI=1S/C16H21N3O2/c1-5-21-16(20)14-12(2)15(19(4)17-14)18(3)11-13-9-7-6-8-10-13/h6-10H,5,11H2,1-4H3. The van der Waals surface area contributed by atoms with Crippen LogP contribution in [0.2, 0.25) is 0 Å². The monoisotopic (exact) mass is 287 g/mol. The van der Waals surface area contributed by atoms with Crippen molar-refractivity contribution in [2.45, 2.75) is 20.4 Å². The van der Waals surface area contributed by atoms with Gasteiger partial charge in [-0.2, -0.15) is 5.10 Å². The second-order valence-electron chi connectivity index (χ2n) is 4.98. The molecule has 0 spiro atoms. The third kappa shape index (κ3) is 3.24. The predicted molar refractivity (Wildman–Crippen MR) is 82.5 cm³/mol. The molecule has 0 atom stereocenters. The minimum absolute atomic E-state index is 0.351. The Bertz CT molecular complexity index is 620. The van der Waals surface area contributed by atoms with Crippen molar-refractivity contribution in [2.75, 3.05) is 18.6 Å². The van der Waals surface area contributed by atoms with Gasteiger partial charge in [0, 0.05) is 26.2 Å². The number of aryl methyl sites for hydroxylation is 1. The lowest BCUT2D eigenvalue weighted by atomic mass is 10.2. The number of carbonyl (C=O) groups is 1. The first-order chi connectivity index (χ1) is 10.0. The smallest absolute Gasteiger partial charge is 0.359 e. The average molecular weight is 287 g/mol. The molecular formula is C16H21N3O2. The fourth-order valence-corrected chi connectivity index (χ4v) is 2.48. The molecule has 0 aliphatic heterocycles. The number of carbonyl (C=O) groups excluding carboxylic acids is 1. The Labute approximate surface area is 125 Å². The molecule has 1 heterocycles. The van der Waals surface area contributed by atoms with Crippen LogP contribution in [0.3, 0.4) is 0 Å². The lowest BCUT2D eigenvalue weighted by molar-refractivity contribution is 0.0518. The van der Waals surface area contributed by atoms with Crippen molar-refractivity contribution in [3.63, 3.8) is 0 Å². The second-order valence-corrected chi connectivity index (χ2v) is 4.98. The minimum Gasteiger partial charge on any atom is -0.461 e. The molecule has 5 heteroatoms. The van der Waals surface area contributed by atoms with E-state index in [4.69, 9.17) is 4.74 Å². The maximum Gasteiger partial charge on any atom is 0.359 e. The second kappa shape index (κ2) is 6.43. The molecule has 112 valence electrons. The molecule has 0 saturated carbocycles. The van der Waals surface area contributed by atoms with E-state index in [1.165, 1.54) is 5.56 Å². The van der Waals surface area contributed by atoms with E-state index in [1.807, 2.05) is 39.2 Å². The van der Waals surface area contributed by atoms with E-state index < -0.39 is 0 Å². The number of esters is 1. The third-order valence-corrected chi connectivity index (χ3v) is 3.34. The SMILES string of the molecule is CCOC(=O)c1nn(C)c(N(C)Cc2ccccc2)c1C. The summed E-state index contributed by atoms with van der Waals surface area (Å²) in [6.07, 6.45) is 0. The van der Waals surface area contributed by atoms with Gasteiger partial charge in [-0.3, -0.25) is 4.68 Å². The number of hydrogen-bond acceptors (Lipinski definition) is 4. The van der Waals surface area contributed by atoms with Crippen LogP contribution >= 0.6 is 0 Å². The van der Waals surface area contributed by atoms with Crippen LogP contribution in [0.1, 0.15) is 28.5 Å². The molecule has 0 aliphatic carbocycles. The highest BCUT2D eigenvalue weighted by molar-refractivity contribution is 5.90. The summed E-state index contributed by atoms with van der Waals surface area (Å²) >= 11 is 0. The van der Waals surface area contributed by atoms with E-state index in [0.29, 0.717) is 12.3 Å². The zero-order chi connectivity index (χ0) is 15.4. The number of aromatic nitrogens is 2. The molecule has 1 aromatic carbocycles. The maximum atomic E-state index is 11.9. The molecule has 0 saturated heterocycles. The Hall–Kier alpha value is -2.30. The van der Waals surface area contributed by atoms with Gasteiger partial charge in [0.1, 0.15) is 5.82 Å². The highest BCUT2D eigenvalue weighted by atomic mass is 16.5. The average Bonchev–Trinajstić information content (AvgIpc) is 2.75. The Kier molecular flexibility index (Phi) is 4.62. The van der Waals surface area contributed by atoms with Crippen molar-refractivity contribution in [1.82, 2.24) is 9.78 Å². The van der Waals surface area contributed by atoms with Crippen molar-refractivity contribution < 1.29 is 9.53 Å². The summed E-state index contributed by atoms with van der Waals surface area (Å²) in [5, 5.41) is 4.29. The Morgan fingerprint density at radius 1 is 1.33 bits per heavy atom. The molecule has 0 radical (unpaired) electrons. The largest absolute Gasteiger partial charge is 0.461 e. The van der Waals surface area contributed by atoms with Crippen LogP contribution in [-0.4, -0.2) is 29.4 Å². The zero-order valence-electron chi connectivity index (χ0n) is 13.0. The first kappa shape index (κ1) is 15.1. The number of benzene rings is 1. The van der Waals surface area contributed by atoms with Gasteiger partial charge in [0.25, 0.3) is 0 Å². The summed E-state index contributed by atoms with van der Waals surface area (Å²) in [5.41, 5.74) is 2.43. The fourth-order valence-electron chi connectivity index (χ4n) is 2.48.